The first-order valence-electron chi connectivity index (χ1n) is 24.9. The van der Waals surface area contributed by atoms with Crippen molar-refractivity contribution < 1.29 is 24.5 Å². The summed E-state index contributed by atoms with van der Waals surface area (Å²) in [7, 11) is 0. The summed E-state index contributed by atoms with van der Waals surface area (Å²) in [5.74, 6) is -0.504. The second-order valence-corrected chi connectivity index (χ2v) is 16.9. The molecule has 0 aliphatic carbocycles. The normalized spacial score (nSPS) is 13.7. The van der Waals surface area contributed by atoms with Gasteiger partial charge in [0.15, 0.2) is 0 Å². The van der Waals surface area contributed by atoms with Crippen LogP contribution in [0.3, 0.4) is 0 Å². The van der Waals surface area contributed by atoms with E-state index in [0.717, 1.165) is 96.3 Å². The average molecular weight is 814 g/mol. The first-order chi connectivity index (χ1) is 28.5. The van der Waals surface area contributed by atoms with Crippen molar-refractivity contribution in [1.29, 1.82) is 0 Å². The molecule has 3 unspecified atom stereocenters. The molecule has 0 aromatic heterocycles. The number of carbonyl (C=O) groups is 2. The van der Waals surface area contributed by atoms with E-state index in [9.17, 15) is 19.8 Å². The van der Waals surface area contributed by atoms with Gasteiger partial charge in [0.2, 0.25) is 5.91 Å². The number of aliphatic hydroxyl groups excluding tert-OH is 2. The molecule has 6 heteroatoms. The number of hydrogen-bond acceptors (Lipinski definition) is 5. The Labute approximate surface area is 359 Å². The molecule has 3 atom stereocenters. The number of ether oxygens (including phenoxy) is 1. The zero-order valence-electron chi connectivity index (χ0n) is 38.4. The Morgan fingerprint density at radius 3 is 1.52 bits per heavy atom. The molecule has 0 radical (unpaired) electrons. The number of carbonyl (C=O) groups excluding carboxylic acids is 2. The number of hydrogen-bond donors (Lipinski definition) is 3. The number of unbranched alkanes of at least 4 members (excludes halogenated alkanes) is 26. The molecule has 0 spiro atoms. The van der Waals surface area contributed by atoms with E-state index in [1.165, 1.54) is 103 Å². The molecule has 0 heterocycles. The lowest BCUT2D eigenvalue weighted by molar-refractivity contribution is -0.151. The van der Waals surface area contributed by atoms with E-state index in [1.807, 2.05) is 0 Å². The third-order valence-electron chi connectivity index (χ3n) is 11.2. The van der Waals surface area contributed by atoms with E-state index in [1.54, 1.807) is 0 Å². The molecule has 6 nitrogen and oxygen atoms in total. The molecule has 58 heavy (non-hydrogen) atoms. The SMILES string of the molecule is CC/C=C/C=C/C=C/CCCCCCCC(CC(=O)NC(CO)C(O)CCCCCCCCCCCCCCCCCC)OC(=O)CCCCCCC/C=C\CCC. The Morgan fingerprint density at radius 2 is 0.983 bits per heavy atom. The Kier molecular flexibility index (Phi) is 44.2. The summed E-state index contributed by atoms with van der Waals surface area (Å²) in [6, 6.07) is -0.709. The average Bonchev–Trinajstić information content (AvgIpc) is 3.22. The molecule has 0 rings (SSSR count). The van der Waals surface area contributed by atoms with Gasteiger partial charge in [-0.25, -0.2) is 0 Å². The Balaban J connectivity index is 4.53. The van der Waals surface area contributed by atoms with Crippen molar-refractivity contribution in [3.63, 3.8) is 0 Å². The molecular weight excluding hydrogens is 719 g/mol. The van der Waals surface area contributed by atoms with Crippen molar-refractivity contribution in [1.82, 2.24) is 5.32 Å². The molecule has 1 amide bonds. The van der Waals surface area contributed by atoms with E-state index in [0.29, 0.717) is 19.3 Å². The summed E-state index contributed by atoms with van der Waals surface area (Å²) in [4.78, 5) is 26.0. The molecule has 0 saturated heterocycles. The minimum absolute atomic E-state index is 0.0608. The van der Waals surface area contributed by atoms with Gasteiger partial charge in [-0.3, -0.25) is 9.59 Å². The van der Waals surface area contributed by atoms with Crippen LogP contribution in [-0.2, 0) is 14.3 Å². The molecule has 3 N–H and O–H groups in total. The van der Waals surface area contributed by atoms with Gasteiger partial charge in [-0.2, -0.15) is 0 Å². The summed E-state index contributed by atoms with van der Waals surface area (Å²) >= 11 is 0. The Morgan fingerprint density at radius 1 is 0.517 bits per heavy atom. The second-order valence-electron chi connectivity index (χ2n) is 16.9. The van der Waals surface area contributed by atoms with Crippen LogP contribution in [0.5, 0.6) is 0 Å². The molecule has 0 aromatic rings. The van der Waals surface area contributed by atoms with Gasteiger partial charge >= 0.3 is 5.97 Å². The van der Waals surface area contributed by atoms with Gasteiger partial charge in [0.05, 0.1) is 25.2 Å². The number of esters is 1. The summed E-state index contributed by atoms with van der Waals surface area (Å²) in [5.41, 5.74) is 0. The first kappa shape index (κ1) is 55.8. The van der Waals surface area contributed by atoms with Gasteiger partial charge in [-0.1, -0.05) is 217 Å². The van der Waals surface area contributed by atoms with E-state index in [4.69, 9.17) is 4.74 Å². The molecule has 0 aromatic carbocycles. The number of amides is 1. The van der Waals surface area contributed by atoms with Crippen molar-refractivity contribution in [2.75, 3.05) is 6.61 Å². The number of rotatable bonds is 44. The van der Waals surface area contributed by atoms with Crippen molar-refractivity contribution in [3.05, 3.63) is 48.6 Å². The molecule has 0 fully saturated rings. The minimum atomic E-state index is -0.794. The quantitative estimate of drug-likeness (QED) is 0.0246. The highest BCUT2D eigenvalue weighted by atomic mass is 16.5. The maximum Gasteiger partial charge on any atom is 0.306 e. The van der Waals surface area contributed by atoms with Gasteiger partial charge in [0.25, 0.3) is 0 Å². The van der Waals surface area contributed by atoms with Crippen LogP contribution >= 0.6 is 0 Å². The minimum Gasteiger partial charge on any atom is -0.462 e. The van der Waals surface area contributed by atoms with Gasteiger partial charge in [0.1, 0.15) is 6.10 Å². The predicted molar refractivity (Wildman–Crippen MR) is 250 cm³/mol. The van der Waals surface area contributed by atoms with Crippen LogP contribution in [0.4, 0.5) is 0 Å². The van der Waals surface area contributed by atoms with Gasteiger partial charge in [-0.05, 0) is 64.2 Å². The third kappa shape index (κ3) is 40.6. The monoisotopic (exact) mass is 814 g/mol. The Bertz CT molecular complexity index is 1000. The topological polar surface area (TPSA) is 95.9 Å². The number of allylic oxidation sites excluding steroid dienone is 8. The molecule has 0 saturated carbocycles. The lowest BCUT2D eigenvalue weighted by atomic mass is 10.0. The fourth-order valence-electron chi connectivity index (χ4n) is 7.43. The molecule has 0 aliphatic rings. The van der Waals surface area contributed by atoms with Crippen LogP contribution < -0.4 is 5.32 Å². The van der Waals surface area contributed by atoms with Crippen LogP contribution in [0.2, 0.25) is 0 Å². The smallest absolute Gasteiger partial charge is 0.306 e. The highest BCUT2D eigenvalue weighted by Crippen LogP contribution is 2.18. The van der Waals surface area contributed by atoms with Crippen molar-refractivity contribution in [2.45, 2.75) is 264 Å². The van der Waals surface area contributed by atoms with Gasteiger partial charge in [0, 0.05) is 6.42 Å². The summed E-state index contributed by atoms with van der Waals surface area (Å²) in [5, 5.41) is 23.7. The van der Waals surface area contributed by atoms with Crippen molar-refractivity contribution in [2.24, 2.45) is 0 Å². The first-order valence-corrected chi connectivity index (χ1v) is 24.9. The van der Waals surface area contributed by atoms with E-state index >= 15 is 0 Å². The highest BCUT2D eigenvalue weighted by molar-refractivity contribution is 5.77. The van der Waals surface area contributed by atoms with Crippen LogP contribution in [0, 0.1) is 0 Å². The highest BCUT2D eigenvalue weighted by Gasteiger charge is 2.24. The molecule has 0 aliphatic heterocycles. The molecular formula is C52H95NO5. The summed E-state index contributed by atoms with van der Waals surface area (Å²) < 4.78 is 5.90. The predicted octanol–water partition coefficient (Wildman–Crippen LogP) is 14.7. The number of aliphatic hydroxyl groups is 2. The van der Waals surface area contributed by atoms with E-state index < -0.39 is 18.2 Å². The molecule has 338 valence electrons. The van der Waals surface area contributed by atoms with Crippen LogP contribution in [0.1, 0.15) is 245 Å². The van der Waals surface area contributed by atoms with Crippen LogP contribution in [-0.4, -0.2) is 46.9 Å². The lowest BCUT2D eigenvalue weighted by Crippen LogP contribution is -2.46. The second kappa shape index (κ2) is 45.9. The third-order valence-corrected chi connectivity index (χ3v) is 11.2. The summed E-state index contributed by atoms with van der Waals surface area (Å²) in [6.45, 7) is 6.29. The van der Waals surface area contributed by atoms with Crippen molar-refractivity contribution in [3.8, 4) is 0 Å². The van der Waals surface area contributed by atoms with Crippen LogP contribution in [0.15, 0.2) is 48.6 Å². The molecule has 0 bridgehead atoms. The zero-order valence-corrected chi connectivity index (χ0v) is 38.4. The lowest BCUT2D eigenvalue weighted by Gasteiger charge is -2.24. The van der Waals surface area contributed by atoms with Crippen molar-refractivity contribution >= 4 is 11.9 Å². The number of nitrogens with one attached hydrogen (secondary N) is 1. The maximum atomic E-state index is 13.2. The fourth-order valence-corrected chi connectivity index (χ4v) is 7.43. The maximum absolute atomic E-state index is 13.2. The summed E-state index contributed by atoms with van der Waals surface area (Å²) in [6.07, 6.45) is 54.6. The standard InChI is InChI=1S/C52H95NO5/c1-4-7-10-13-16-19-22-24-25-26-28-30-32-35-38-41-44-50(55)49(47-54)53-51(56)46-48(43-40-37-34-31-29-27-23-20-17-14-11-8-5-2)58-52(57)45-42-39-36-33-21-18-15-12-9-6-3/h8,11-12,14-15,17,20,23,48-50,54-55H,4-7,9-10,13,16,18-19,21-22,24-47H2,1-3H3,(H,53,56)/b11-8+,15-12-,17-14+,23-20+. The largest absolute Gasteiger partial charge is 0.462 e. The van der Waals surface area contributed by atoms with E-state index in [-0.39, 0.29) is 24.9 Å². The van der Waals surface area contributed by atoms with Gasteiger partial charge in [-0.15, -0.1) is 0 Å². The van der Waals surface area contributed by atoms with E-state index in [2.05, 4.69) is 74.7 Å². The van der Waals surface area contributed by atoms with Crippen LogP contribution in [0.25, 0.3) is 0 Å². The van der Waals surface area contributed by atoms with Gasteiger partial charge < -0.3 is 20.3 Å². The zero-order chi connectivity index (χ0) is 42.4. The fraction of sp³-hybridized carbons (Fsp3) is 0.808. The Hall–Kier alpha value is -2.18.